The van der Waals surface area contributed by atoms with Crippen molar-refractivity contribution >= 4 is 28.2 Å². The molecule has 3 aliphatic rings. The van der Waals surface area contributed by atoms with Gasteiger partial charge in [-0.15, -0.1) is 0 Å². The quantitative estimate of drug-likeness (QED) is 0.306. The van der Waals surface area contributed by atoms with Crippen molar-refractivity contribution in [3.63, 3.8) is 0 Å². The molecule has 0 aromatic heterocycles. The minimum Gasteiger partial charge on any atom is -0.511 e. The van der Waals surface area contributed by atoms with Gasteiger partial charge >= 0.3 is 0 Å². The number of fused-ring (bicyclic) bond motifs is 4. The summed E-state index contributed by atoms with van der Waals surface area (Å²) in [5.74, 6) is -6.41. The van der Waals surface area contributed by atoms with Gasteiger partial charge in [-0.2, -0.15) is 0 Å². The number of amides is 1. The monoisotopic (exact) mass is 554 g/mol. The number of carbonyl (C=O) groups excluding carboxylic acids is 3. The van der Waals surface area contributed by atoms with Crippen LogP contribution < -0.4 is 5.73 Å². The number of allylic oxidation sites excluding steroid dienone is 2. The predicted octanol–water partition coefficient (Wildman–Crippen LogP) is 3.46. The molecule has 6 rings (SSSR count). The second-order valence-corrected chi connectivity index (χ2v) is 11.5. The minimum atomic E-state index is -2.58. The maximum absolute atomic E-state index is 13.9. The summed E-state index contributed by atoms with van der Waals surface area (Å²) in [4.78, 5) is 41.1. The summed E-state index contributed by atoms with van der Waals surface area (Å²) in [5.41, 5.74) is 5.13. The van der Waals surface area contributed by atoms with Crippen molar-refractivity contribution in [1.82, 2.24) is 4.90 Å². The Morgan fingerprint density at radius 2 is 1.66 bits per heavy atom. The van der Waals surface area contributed by atoms with E-state index < -0.39 is 52.0 Å². The van der Waals surface area contributed by atoms with Gasteiger partial charge in [-0.25, -0.2) is 0 Å². The molecule has 9 nitrogen and oxygen atoms in total. The average Bonchev–Trinajstić information content (AvgIpc) is 2.91. The highest BCUT2D eigenvalue weighted by molar-refractivity contribution is 6.24. The summed E-state index contributed by atoms with van der Waals surface area (Å²) in [7, 11) is 4.00. The molecule has 0 bridgehead atoms. The molecule has 6 N–H and O–H groups in total. The number of aromatic hydroxyl groups is 1. The van der Waals surface area contributed by atoms with Crippen LogP contribution in [-0.4, -0.2) is 62.5 Å². The van der Waals surface area contributed by atoms with Crippen LogP contribution in [-0.2, 0) is 22.6 Å². The fourth-order valence-electron chi connectivity index (χ4n) is 6.95. The van der Waals surface area contributed by atoms with Crippen LogP contribution >= 0.6 is 0 Å². The van der Waals surface area contributed by atoms with Crippen LogP contribution in [0.1, 0.15) is 34.3 Å². The molecule has 3 atom stereocenters. The van der Waals surface area contributed by atoms with Crippen molar-refractivity contribution in [1.29, 1.82) is 0 Å². The normalized spacial score (nSPS) is 24.0. The molecule has 0 spiro atoms. The number of Topliss-reactive ketones (excluding diaryl/α,β-unsaturated/α-hetero) is 2. The first-order chi connectivity index (χ1) is 19.4. The van der Waals surface area contributed by atoms with Crippen molar-refractivity contribution in [3.8, 4) is 16.9 Å². The number of primary amides is 1. The zero-order chi connectivity index (χ0) is 29.4. The van der Waals surface area contributed by atoms with Crippen LogP contribution in [0.5, 0.6) is 5.75 Å². The number of rotatable bonds is 4. The Morgan fingerprint density at radius 1 is 0.976 bits per heavy atom. The maximum Gasteiger partial charge on any atom is 0.255 e. The van der Waals surface area contributed by atoms with E-state index in [0.717, 1.165) is 34.0 Å². The zero-order valence-electron chi connectivity index (χ0n) is 22.6. The smallest absolute Gasteiger partial charge is 0.255 e. The van der Waals surface area contributed by atoms with E-state index in [9.17, 15) is 34.8 Å². The summed E-state index contributed by atoms with van der Waals surface area (Å²) < 4.78 is 0. The Labute approximate surface area is 235 Å². The van der Waals surface area contributed by atoms with E-state index in [4.69, 9.17) is 5.73 Å². The molecular formula is C32H30N2O7. The SMILES string of the molecule is CN(C)Cc1ccc(-c2ccc(O)c3c2C[C@H]2C[C@H]4CC(O)=C(C(N)=O)C(=O)[C@@]4(O)C(O)=C2C3=O)c2ccccc12. The van der Waals surface area contributed by atoms with Crippen molar-refractivity contribution in [3.05, 3.63) is 87.9 Å². The number of ketones is 2. The predicted molar refractivity (Wildman–Crippen MR) is 151 cm³/mol. The van der Waals surface area contributed by atoms with Crippen LogP contribution in [0.4, 0.5) is 0 Å². The first-order valence-corrected chi connectivity index (χ1v) is 13.4. The van der Waals surface area contributed by atoms with Gasteiger partial charge in [0.1, 0.15) is 22.8 Å². The van der Waals surface area contributed by atoms with E-state index in [1.807, 2.05) is 38.4 Å². The number of aliphatic hydroxyl groups excluding tert-OH is 2. The third kappa shape index (κ3) is 3.80. The summed E-state index contributed by atoms with van der Waals surface area (Å²) in [6.45, 7) is 0.740. The first-order valence-electron chi connectivity index (χ1n) is 13.4. The van der Waals surface area contributed by atoms with Gasteiger partial charge in [0.25, 0.3) is 5.91 Å². The van der Waals surface area contributed by atoms with E-state index in [1.54, 1.807) is 6.07 Å². The second kappa shape index (κ2) is 9.29. The van der Waals surface area contributed by atoms with Gasteiger partial charge in [-0.05, 0) is 71.9 Å². The molecule has 3 aromatic rings. The lowest BCUT2D eigenvalue weighted by Gasteiger charge is -2.45. The molecule has 0 heterocycles. The molecule has 0 saturated carbocycles. The Morgan fingerprint density at radius 3 is 2.34 bits per heavy atom. The molecule has 0 fully saturated rings. The van der Waals surface area contributed by atoms with Crippen LogP contribution in [0, 0.1) is 11.8 Å². The number of benzene rings is 3. The first kappa shape index (κ1) is 26.7. The summed E-state index contributed by atoms with van der Waals surface area (Å²) in [6.07, 6.45) is 0.0622. The number of hydrogen-bond acceptors (Lipinski definition) is 8. The Hall–Kier alpha value is -4.47. The molecule has 1 amide bonds. The van der Waals surface area contributed by atoms with E-state index in [2.05, 4.69) is 17.0 Å². The Kier molecular flexibility index (Phi) is 6.06. The Bertz CT molecular complexity index is 1750. The molecule has 9 heteroatoms. The van der Waals surface area contributed by atoms with Gasteiger partial charge in [0, 0.05) is 24.5 Å². The second-order valence-electron chi connectivity index (χ2n) is 11.5. The summed E-state index contributed by atoms with van der Waals surface area (Å²) >= 11 is 0. The molecule has 0 aliphatic heterocycles. The lowest BCUT2D eigenvalue weighted by Crippen LogP contribution is -2.57. The van der Waals surface area contributed by atoms with Crippen molar-refractivity contribution in [2.75, 3.05) is 14.1 Å². The van der Waals surface area contributed by atoms with Gasteiger partial charge in [0.05, 0.1) is 5.56 Å². The highest BCUT2D eigenvalue weighted by atomic mass is 16.3. The molecule has 210 valence electrons. The van der Waals surface area contributed by atoms with E-state index >= 15 is 0 Å². The number of carbonyl (C=O) groups is 3. The van der Waals surface area contributed by atoms with Crippen molar-refractivity contribution in [2.45, 2.75) is 31.4 Å². The van der Waals surface area contributed by atoms with Gasteiger partial charge in [0.2, 0.25) is 5.78 Å². The van der Waals surface area contributed by atoms with Crippen LogP contribution in [0.2, 0.25) is 0 Å². The fraction of sp³-hybridized carbons (Fsp3) is 0.281. The molecule has 41 heavy (non-hydrogen) atoms. The number of hydrogen-bond donors (Lipinski definition) is 5. The van der Waals surface area contributed by atoms with Crippen molar-refractivity contribution < 1.29 is 34.8 Å². The van der Waals surface area contributed by atoms with Gasteiger partial charge in [0.15, 0.2) is 11.4 Å². The lowest BCUT2D eigenvalue weighted by molar-refractivity contribution is -0.144. The molecule has 0 saturated heterocycles. The molecule has 3 aromatic carbocycles. The van der Waals surface area contributed by atoms with Crippen LogP contribution in [0.15, 0.2) is 71.2 Å². The summed E-state index contributed by atoms with van der Waals surface area (Å²) in [5, 5.41) is 46.1. The topological polar surface area (TPSA) is 161 Å². The summed E-state index contributed by atoms with van der Waals surface area (Å²) in [6, 6.07) is 15.3. The van der Waals surface area contributed by atoms with Gasteiger partial charge in [-0.1, -0.05) is 42.5 Å². The largest absolute Gasteiger partial charge is 0.511 e. The van der Waals surface area contributed by atoms with E-state index in [1.165, 1.54) is 6.07 Å². The molecule has 0 unspecified atom stereocenters. The average molecular weight is 555 g/mol. The van der Waals surface area contributed by atoms with Crippen LogP contribution in [0.25, 0.3) is 21.9 Å². The lowest BCUT2D eigenvalue weighted by atomic mass is 9.60. The third-order valence-corrected chi connectivity index (χ3v) is 8.74. The third-order valence-electron chi connectivity index (χ3n) is 8.74. The Balaban J connectivity index is 1.52. The van der Waals surface area contributed by atoms with Gasteiger partial charge in [-0.3, -0.25) is 14.4 Å². The fourth-order valence-corrected chi connectivity index (χ4v) is 6.95. The number of nitrogens with zero attached hydrogens (tertiary/aromatic N) is 1. The highest BCUT2D eigenvalue weighted by Gasteiger charge is 2.59. The molecule has 0 radical (unpaired) electrons. The minimum absolute atomic E-state index is 0.000529. The van der Waals surface area contributed by atoms with Crippen molar-refractivity contribution in [2.24, 2.45) is 17.6 Å². The number of phenols is 1. The maximum atomic E-state index is 13.9. The molecule has 3 aliphatic carbocycles. The number of phenolic OH excluding ortho intramolecular Hbond substituents is 1. The van der Waals surface area contributed by atoms with E-state index in [-0.39, 0.29) is 36.1 Å². The number of nitrogens with two attached hydrogens (primary N) is 1. The number of aliphatic hydroxyl groups is 3. The highest BCUT2D eigenvalue weighted by Crippen LogP contribution is 2.52. The van der Waals surface area contributed by atoms with E-state index in [0.29, 0.717) is 5.56 Å². The zero-order valence-corrected chi connectivity index (χ0v) is 22.6. The molecular weight excluding hydrogens is 524 g/mol. The standard InChI is InChI=1S/C32H30N2O7/c1-34(2)14-15-7-8-20(19-6-4-3-5-18(15)19)21-9-10-23(35)26-22(21)12-16-11-17-13-24(36)27(31(33)40)30(39)32(17,41)29(38)25(16)28(26)37/h3-10,16-17,35-36,38,41H,11-14H2,1-2H3,(H2,33,40)/t16-,17+,32+/m1/s1. The van der Waals surface area contributed by atoms with Gasteiger partial charge < -0.3 is 31.1 Å². The van der Waals surface area contributed by atoms with Crippen LogP contribution in [0.3, 0.4) is 0 Å².